The second-order valence-electron chi connectivity index (χ2n) is 14.0. The van der Waals surface area contributed by atoms with Gasteiger partial charge in [0.25, 0.3) is 0 Å². The second-order valence-corrected chi connectivity index (χ2v) is 14.0. The van der Waals surface area contributed by atoms with E-state index in [1.54, 1.807) is 0 Å². The number of carbonyl (C=O) groups excluding carboxylic acids is 1. The Morgan fingerprint density at radius 2 is 0.894 bits per heavy atom. The van der Waals surface area contributed by atoms with Crippen LogP contribution in [0.15, 0.2) is 0 Å². The van der Waals surface area contributed by atoms with E-state index in [1.807, 2.05) is 0 Å². The van der Waals surface area contributed by atoms with E-state index in [9.17, 15) is 9.90 Å². The summed E-state index contributed by atoms with van der Waals surface area (Å²) in [6.07, 6.45) is 34.7. The Kier molecular flexibility index (Phi) is 39.2. The van der Waals surface area contributed by atoms with Crippen molar-refractivity contribution in [1.29, 1.82) is 0 Å². The Hall–Kier alpha value is -0.690. The van der Waals surface area contributed by atoms with Crippen molar-refractivity contribution in [3.05, 3.63) is 0 Å². The standard InChI is InChI=1S/C41H83NO5/c1-4-7-10-13-22-29-38-46-41(47-39-30-23-14-11-8-5-2)32-25-18-16-20-27-34-42(35-36-43)33-26-19-15-17-24-31-40(44)45-37-28-21-12-9-6-3/h41,43H,4-39H2,1-3H3. The van der Waals surface area contributed by atoms with Crippen LogP contribution in [0.3, 0.4) is 0 Å². The zero-order valence-electron chi connectivity index (χ0n) is 32.1. The van der Waals surface area contributed by atoms with Crippen LogP contribution in [0.2, 0.25) is 0 Å². The number of hydrogen-bond acceptors (Lipinski definition) is 6. The van der Waals surface area contributed by atoms with E-state index in [0.717, 1.165) is 71.4 Å². The summed E-state index contributed by atoms with van der Waals surface area (Å²) in [5, 5.41) is 9.54. The van der Waals surface area contributed by atoms with E-state index in [2.05, 4.69) is 25.7 Å². The van der Waals surface area contributed by atoms with Crippen LogP contribution in [0.5, 0.6) is 0 Å². The van der Waals surface area contributed by atoms with Gasteiger partial charge in [0.1, 0.15) is 0 Å². The first-order valence-electron chi connectivity index (χ1n) is 20.9. The molecule has 0 aliphatic carbocycles. The molecule has 0 aromatic heterocycles. The summed E-state index contributed by atoms with van der Waals surface area (Å²) in [5.41, 5.74) is 0. The average molecular weight is 670 g/mol. The largest absolute Gasteiger partial charge is 0.466 e. The molecule has 0 aliphatic rings. The van der Waals surface area contributed by atoms with Crippen LogP contribution in [-0.4, -0.2) is 68.3 Å². The van der Waals surface area contributed by atoms with Gasteiger partial charge in [0.15, 0.2) is 6.29 Å². The highest BCUT2D eigenvalue weighted by Crippen LogP contribution is 2.15. The van der Waals surface area contributed by atoms with Crippen LogP contribution in [0.1, 0.15) is 207 Å². The maximum atomic E-state index is 11.9. The Morgan fingerprint density at radius 1 is 0.489 bits per heavy atom. The van der Waals surface area contributed by atoms with Crippen molar-refractivity contribution < 1.29 is 24.1 Å². The Balaban J connectivity index is 3.96. The molecule has 0 heterocycles. The number of unbranched alkanes of at least 4 members (excludes halogenated alkanes) is 22. The van der Waals surface area contributed by atoms with Gasteiger partial charge in [-0.25, -0.2) is 0 Å². The molecule has 0 atom stereocenters. The third-order valence-electron chi connectivity index (χ3n) is 9.30. The molecule has 0 aromatic carbocycles. The summed E-state index contributed by atoms with van der Waals surface area (Å²) >= 11 is 0. The number of aliphatic hydroxyl groups excluding tert-OH is 1. The van der Waals surface area contributed by atoms with Crippen molar-refractivity contribution in [3.8, 4) is 0 Å². The number of rotatable bonds is 40. The molecule has 0 spiro atoms. The predicted molar refractivity (Wildman–Crippen MR) is 201 cm³/mol. The van der Waals surface area contributed by atoms with Gasteiger partial charge in [-0.3, -0.25) is 4.79 Å². The minimum atomic E-state index is -0.0275. The third-order valence-corrected chi connectivity index (χ3v) is 9.30. The minimum absolute atomic E-state index is 0.0249. The van der Waals surface area contributed by atoms with Crippen LogP contribution in [-0.2, 0) is 19.0 Å². The molecule has 6 nitrogen and oxygen atoms in total. The molecule has 47 heavy (non-hydrogen) atoms. The first-order valence-corrected chi connectivity index (χ1v) is 20.9. The zero-order chi connectivity index (χ0) is 34.3. The lowest BCUT2D eigenvalue weighted by atomic mass is 10.1. The van der Waals surface area contributed by atoms with Gasteiger partial charge >= 0.3 is 5.97 Å². The SMILES string of the molecule is CCCCCCCCOC(CCCCCCCN(CCO)CCCCCCCC(=O)OCCCCCCC)OCCCCCCCC. The Bertz CT molecular complexity index is 586. The lowest BCUT2D eigenvalue weighted by Gasteiger charge is -2.21. The first-order chi connectivity index (χ1) is 23.2. The minimum Gasteiger partial charge on any atom is -0.466 e. The molecule has 282 valence electrons. The average Bonchev–Trinajstić information content (AvgIpc) is 3.07. The van der Waals surface area contributed by atoms with Crippen molar-refractivity contribution in [2.24, 2.45) is 0 Å². The van der Waals surface area contributed by atoms with E-state index in [1.165, 1.54) is 141 Å². The molecule has 0 saturated carbocycles. The lowest BCUT2D eigenvalue weighted by Crippen LogP contribution is -2.29. The molecule has 0 unspecified atom stereocenters. The fourth-order valence-electron chi connectivity index (χ4n) is 6.16. The molecule has 1 N–H and O–H groups in total. The molecular formula is C41H83NO5. The van der Waals surface area contributed by atoms with E-state index in [0.29, 0.717) is 13.0 Å². The molecule has 0 aromatic rings. The number of esters is 1. The van der Waals surface area contributed by atoms with Crippen molar-refractivity contribution >= 4 is 5.97 Å². The molecule has 0 rings (SSSR count). The van der Waals surface area contributed by atoms with E-state index in [-0.39, 0.29) is 18.9 Å². The van der Waals surface area contributed by atoms with Crippen LogP contribution in [0.4, 0.5) is 0 Å². The van der Waals surface area contributed by atoms with Gasteiger partial charge in [-0.05, 0) is 64.5 Å². The highest BCUT2D eigenvalue weighted by Gasteiger charge is 2.10. The summed E-state index contributed by atoms with van der Waals surface area (Å²) in [5.74, 6) is -0.0249. The molecule has 0 aliphatic heterocycles. The highest BCUT2D eigenvalue weighted by molar-refractivity contribution is 5.69. The van der Waals surface area contributed by atoms with E-state index in [4.69, 9.17) is 14.2 Å². The van der Waals surface area contributed by atoms with Crippen molar-refractivity contribution in [1.82, 2.24) is 4.90 Å². The Morgan fingerprint density at radius 3 is 1.38 bits per heavy atom. The van der Waals surface area contributed by atoms with E-state index < -0.39 is 0 Å². The lowest BCUT2D eigenvalue weighted by molar-refractivity contribution is -0.148. The predicted octanol–water partition coefficient (Wildman–Crippen LogP) is 11.6. The fraction of sp³-hybridized carbons (Fsp3) is 0.976. The maximum Gasteiger partial charge on any atom is 0.305 e. The summed E-state index contributed by atoms with van der Waals surface area (Å²) in [6, 6.07) is 0. The Labute approximate surface area is 293 Å². The van der Waals surface area contributed by atoms with Crippen LogP contribution >= 0.6 is 0 Å². The number of nitrogens with zero attached hydrogens (tertiary/aromatic N) is 1. The molecule has 0 radical (unpaired) electrons. The summed E-state index contributed by atoms with van der Waals surface area (Å²) in [4.78, 5) is 14.3. The van der Waals surface area contributed by atoms with Crippen molar-refractivity contribution in [2.45, 2.75) is 213 Å². The molecule has 0 bridgehead atoms. The monoisotopic (exact) mass is 670 g/mol. The quantitative estimate of drug-likeness (QED) is 0.0398. The molecular weight excluding hydrogens is 586 g/mol. The van der Waals surface area contributed by atoms with Gasteiger partial charge in [-0.15, -0.1) is 0 Å². The van der Waals surface area contributed by atoms with Crippen molar-refractivity contribution in [3.63, 3.8) is 0 Å². The zero-order valence-corrected chi connectivity index (χ0v) is 32.1. The van der Waals surface area contributed by atoms with Gasteiger partial charge in [0, 0.05) is 26.2 Å². The number of carbonyl (C=O) groups is 1. The van der Waals surface area contributed by atoms with Crippen LogP contribution < -0.4 is 0 Å². The number of ether oxygens (including phenoxy) is 3. The smallest absolute Gasteiger partial charge is 0.305 e. The highest BCUT2D eigenvalue weighted by atomic mass is 16.7. The molecule has 0 amide bonds. The van der Waals surface area contributed by atoms with Gasteiger partial charge in [-0.1, -0.05) is 149 Å². The summed E-state index contributed by atoms with van der Waals surface area (Å²) < 4.78 is 17.8. The molecule has 0 saturated heterocycles. The second kappa shape index (κ2) is 39.7. The summed E-state index contributed by atoms with van der Waals surface area (Å²) in [7, 11) is 0. The van der Waals surface area contributed by atoms with Gasteiger partial charge in [0.05, 0.1) is 13.2 Å². The number of hydrogen-bond donors (Lipinski definition) is 1. The van der Waals surface area contributed by atoms with E-state index >= 15 is 0 Å². The fourth-order valence-corrected chi connectivity index (χ4v) is 6.16. The van der Waals surface area contributed by atoms with Crippen molar-refractivity contribution in [2.75, 3.05) is 46.1 Å². The van der Waals surface area contributed by atoms with Crippen LogP contribution in [0.25, 0.3) is 0 Å². The summed E-state index contributed by atoms with van der Waals surface area (Å²) in [6.45, 7) is 12.2. The third kappa shape index (κ3) is 36.4. The molecule has 0 fully saturated rings. The maximum absolute atomic E-state index is 11.9. The van der Waals surface area contributed by atoms with Gasteiger partial charge in [-0.2, -0.15) is 0 Å². The van der Waals surface area contributed by atoms with Crippen LogP contribution in [0, 0.1) is 0 Å². The molecule has 6 heteroatoms. The first kappa shape index (κ1) is 46.3. The van der Waals surface area contributed by atoms with Gasteiger partial charge in [0.2, 0.25) is 0 Å². The number of aliphatic hydroxyl groups is 1. The van der Waals surface area contributed by atoms with Gasteiger partial charge < -0.3 is 24.2 Å². The topological polar surface area (TPSA) is 68.2 Å². The normalized spacial score (nSPS) is 11.7.